The van der Waals surface area contributed by atoms with Crippen LogP contribution < -0.4 is 0 Å². The molecule has 0 N–H and O–H groups in total. The summed E-state index contributed by atoms with van der Waals surface area (Å²) in [7, 11) is 0. The van der Waals surface area contributed by atoms with Gasteiger partial charge in [0.1, 0.15) is 0 Å². The molecule has 0 aromatic rings. The molecule has 0 nitrogen and oxygen atoms in total. The minimum absolute atomic E-state index is 0.727. The van der Waals surface area contributed by atoms with Crippen LogP contribution in [0, 0.1) is 11.8 Å². The van der Waals surface area contributed by atoms with Gasteiger partial charge < -0.3 is 0 Å². The summed E-state index contributed by atoms with van der Waals surface area (Å²) in [6, 6.07) is 0. The maximum Gasteiger partial charge on any atom is -0.0257 e. The molecule has 0 spiro atoms. The van der Waals surface area contributed by atoms with Crippen molar-refractivity contribution in [2.75, 3.05) is 0 Å². The highest BCUT2D eigenvalue weighted by atomic mass is 14.1. The Kier molecular flexibility index (Phi) is 6.66. The van der Waals surface area contributed by atoms with Crippen molar-refractivity contribution >= 4 is 0 Å². The summed E-state index contributed by atoms with van der Waals surface area (Å²) >= 11 is 0. The molecule has 0 aliphatic carbocycles. The van der Waals surface area contributed by atoms with Gasteiger partial charge in [-0.3, -0.25) is 0 Å². The highest BCUT2D eigenvalue weighted by molar-refractivity contribution is 5.01. The maximum atomic E-state index is 3.73. The first kappa shape index (κ1) is 12.5. The molecule has 0 fully saturated rings. The predicted octanol–water partition coefficient (Wildman–Crippen LogP) is 4.58. The van der Waals surface area contributed by atoms with E-state index >= 15 is 0 Å². The fourth-order valence-electron chi connectivity index (χ4n) is 1.71. The van der Waals surface area contributed by atoms with E-state index in [0.29, 0.717) is 0 Å². The van der Waals surface area contributed by atoms with Crippen molar-refractivity contribution in [2.45, 2.75) is 47.0 Å². The maximum absolute atomic E-state index is 3.73. The van der Waals surface area contributed by atoms with Gasteiger partial charge in [0.05, 0.1) is 0 Å². The van der Waals surface area contributed by atoms with E-state index in [1.807, 2.05) is 6.08 Å². The predicted molar refractivity (Wildman–Crippen MR) is 61.8 cm³/mol. The quantitative estimate of drug-likeness (QED) is 0.525. The molecule has 0 saturated heterocycles. The van der Waals surface area contributed by atoms with Crippen molar-refractivity contribution in [1.82, 2.24) is 0 Å². The van der Waals surface area contributed by atoms with Crippen molar-refractivity contribution < 1.29 is 0 Å². The Morgan fingerprint density at radius 1 is 1.31 bits per heavy atom. The van der Waals surface area contributed by atoms with E-state index in [4.69, 9.17) is 0 Å². The summed E-state index contributed by atoms with van der Waals surface area (Å²) in [5.41, 5.74) is 1.51. The van der Waals surface area contributed by atoms with Gasteiger partial charge in [-0.05, 0) is 38.0 Å². The topological polar surface area (TPSA) is 0 Å². The van der Waals surface area contributed by atoms with Crippen LogP contribution in [0.1, 0.15) is 47.0 Å². The number of hydrogen-bond acceptors (Lipinski definition) is 0. The molecule has 1 unspecified atom stereocenters. The fraction of sp³-hybridized carbons (Fsp3) is 0.692. The highest BCUT2D eigenvalue weighted by Gasteiger charge is 2.01. The first-order valence-corrected chi connectivity index (χ1v) is 5.34. The summed E-state index contributed by atoms with van der Waals surface area (Å²) < 4.78 is 0. The van der Waals surface area contributed by atoms with Gasteiger partial charge in [-0.2, -0.15) is 0 Å². The van der Waals surface area contributed by atoms with Gasteiger partial charge in [0.2, 0.25) is 0 Å². The molecule has 0 aromatic heterocycles. The molecular formula is C13H24. The van der Waals surface area contributed by atoms with Gasteiger partial charge in [0, 0.05) is 0 Å². The average Bonchev–Trinajstić information content (AvgIpc) is 1.98. The molecule has 0 aliphatic rings. The number of allylic oxidation sites excluding steroid dienone is 3. The zero-order valence-electron chi connectivity index (χ0n) is 9.64. The van der Waals surface area contributed by atoms with Crippen molar-refractivity contribution in [3.8, 4) is 0 Å². The Balaban J connectivity index is 3.83. The summed E-state index contributed by atoms with van der Waals surface area (Å²) in [6.07, 6.45) is 7.97. The van der Waals surface area contributed by atoms with Crippen LogP contribution in [0.15, 0.2) is 24.3 Å². The van der Waals surface area contributed by atoms with Gasteiger partial charge in [-0.15, -0.1) is 6.58 Å². The third kappa shape index (κ3) is 7.83. The summed E-state index contributed by atoms with van der Waals surface area (Å²) in [5.74, 6) is 1.53. The Morgan fingerprint density at radius 2 is 1.92 bits per heavy atom. The van der Waals surface area contributed by atoms with Gasteiger partial charge >= 0.3 is 0 Å². The van der Waals surface area contributed by atoms with Crippen molar-refractivity contribution in [3.05, 3.63) is 24.3 Å². The van der Waals surface area contributed by atoms with Crippen LogP contribution in [0.5, 0.6) is 0 Å². The molecule has 0 heteroatoms. The van der Waals surface area contributed by atoms with E-state index < -0.39 is 0 Å². The van der Waals surface area contributed by atoms with Crippen molar-refractivity contribution in [1.29, 1.82) is 0 Å². The van der Waals surface area contributed by atoms with E-state index in [-0.39, 0.29) is 0 Å². The molecule has 0 radical (unpaired) electrons. The molecule has 13 heavy (non-hydrogen) atoms. The van der Waals surface area contributed by atoms with Crippen LogP contribution in [0.4, 0.5) is 0 Å². The van der Waals surface area contributed by atoms with Crippen LogP contribution in [0.25, 0.3) is 0 Å². The van der Waals surface area contributed by atoms with E-state index in [9.17, 15) is 0 Å². The molecule has 1 atom stereocenters. The first-order valence-electron chi connectivity index (χ1n) is 5.34. The van der Waals surface area contributed by atoms with E-state index in [0.717, 1.165) is 18.3 Å². The van der Waals surface area contributed by atoms with Crippen LogP contribution in [-0.2, 0) is 0 Å². The summed E-state index contributed by atoms with van der Waals surface area (Å²) in [4.78, 5) is 0. The van der Waals surface area contributed by atoms with Gasteiger partial charge in [-0.25, -0.2) is 0 Å². The SMILES string of the molecule is C=CCCC(C)=CC(C)CC(C)C. The van der Waals surface area contributed by atoms with E-state index in [1.54, 1.807) is 0 Å². The average molecular weight is 180 g/mol. The highest BCUT2D eigenvalue weighted by Crippen LogP contribution is 2.16. The van der Waals surface area contributed by atoms with Crippen LogP contribution >= 0.6 is 0 Å². The van der Waals surface area contributed by atoms with E-state index in [2.05, 4.69) is 40.3 Å². The lowest BCUT2D eigenvalue weighted by molar-refractivity contribution is 0.500. The third-order valence-corrected chi connectivity index (χ3v) is 2.16. The lowest BCUT2D eigenvalue weighted by Gasteiger charge is -2.10. The molecule has 0 aromatic carbocycles. The molecule has 0 rings (SSSR count). The Hall–Kier alpha value is -0.520. The lowest BCUT2D eigenvalue weighted by atomic mass is 9.96. The monoisotopic (exact) mass is 180 g/mol. The van der Waals surface area contributed by atoms with Crippen LogP contribution in [0.3, 0.4) is 0 Å². The molecular weight excluding hydrogens is 156 g/mol. The first-order chi connectivity index (χ1) is 6.06. The van der Waals surface area contributed by atoms with E-state index in [1.165, 1.54) is 18.4 Å². The van der Waals surface area contributed by atoms with Gasteiger partial charge in [0.25, 0.3) is 0 Å². The normalized spacial score (nSPS) is 14.7. The largest absolute Gasteiger partial charge is 0.103 e. The second-order valence-electron chi connectivity index (χ2n) is 4.45. The summed E-state index contributed by atoms with van der Waals surface area (Å²) in [5, 5.41) is 0. The minimum Gasteiger partial charge on any atom is -0.103 e. The number of rotatable bonds is 6. The van der Waals surface area contributed by atoms with Gasteiger partial charge in [-0.1, -0.05) is 38.5 Å². The van der Waals surface area contributed by atoms with Gasteiger partial charge in [0.15, 0.2) is 0 Å². The zero-order valence-corrected chi connectivity index (χ0v) is 9.64. The standard InChI is InChI=1S/C13H24/c1-6-7-8-12(4)10-13(5)9-11(2)3/h6,10-11,13H,1,7-9H2,2-5H3. The minimum atomic E-state index is 0.727. The van der Waals surface area contributed by atoms with Crippen molar-refractivity contribution in [3.63, 3.8) is 0 Å². The summed E-state index contributed by atoms with van der Waals surface area (Å²) in [6.45, 7) is 12.8. The molecule has 0 saturated carbocycles. The smallest absolute Gasteiger partial charge is 0.0257 e. The second kappa shape index (κ2) is 6.94. The second-order valence-corrected chi connectivity index (χ2v) is 4.45. The molecule has 0 aliphatic heterocycles. The van der Waals surface area contributed by atoms with Crippen LogP contribution in [-0.4, -0.2) is 0 Å². The van der Waals surface area contributed by atoms with Crippen LogP contribution in [0.2, 0.25) is 0 Å². The number of hydrogen-bond donors (Lipinski definition) is 0. The Labute approximate surface area is 83.7 Å². The fourth-order valence-corrected chi connectivity index (χ4v) is 1.71. The Morgan fingerprint density at radius 3 is 2.38 bits per heavy atom. The zero-order chi connectivity index (χ0) is 10.3. The molecule has 76 valence electrons. The lowest BCUT2D eigenvalue weighted by Crippen LogP contribution is -1.97. The Bertz CT molecular complexity index is 163. The third-order valence-electron chi connectivity index (χ3n) is 2.16. The molecule has 0 amide bonds. The molecule has 0 bridgehead atoms. The van der Waals surface area contributed by atoms with Crippen molar-refractivity contribution in [2.24, 2.45) is 11.8 Å². The molecule has 0 heterocycles.